The highest BCUT2D eigenvalue weighted by atomic mass is 16.1. The zero-order valence-corrected chi connectivity index (χ0v) is 9.59. The first-order valence-electron chi connectivity index (χ1n) is 6.26. The van der Waals surface area contributed by atoms with Crippen molar-refractivity contribution >= 4 is 5.91 Å². The maximum absolute atomic E-state index is 11.6. The zero-order valence-electron chi connectivity index (χ0n) is 9.59. The fourth-order valence-electron chi connectivity index (χ4n) is 2.39. The van der Waals surface area contributed by atoms with Gasteiger partial charge in [0.2, 0.25) is 5.91 Å². The molecule has 2 rings (SSSR count). The third kappa shape index (κ3) is 3.49. The summed E-state index contributed by atoms with van der Waals surface area (Å²) in [7, 11) is 0. The van der Waals surface area contributed by atoms with E-state index in [0.717, 1.165) is 25.4 Å². The molecule has 0 aromatic heterocycles. The van der Waals surface area contributed by atoms with E-state index in [9.17, 15) is 4.79 Å². The van der Waals surface area contributed by atoms with Gasteiger partial charge in [-0.3, -0.25) is 4.79 Å². The second kappa shape index (κ2) is 4.97. The molecular weight excluding hydrogens is 188 g/mol. The summed E-state index contributed by atoms with van der Waals surface area (Å²) in [5.74, 6) is 1.56. The molecule has 0 radical (unpaired) electrons. The smallest absolute Gasteiger partial charge is 0.220 e. The van der Waals surface area contributed by atoms with Gasteiger partial charge in [-0.15, -0.1) is 0 Å². The van der Waals surface area contributed by atoms with E-state index in [0.29, 0.717) is 12.0 Å². The van der Waals surface area contributed by atoms with Gasteiger partial charge in [0.05, 0.1) is 0 Å². The Morgan fingerprint density at radius 3 is 2.60 bits per heavy atom. The number of rotatable bonds is 4. The monoisotopic (exact) mass is 210 g/mol. The van der Waals surface area contributed by atoms with Gasteiger partial charge in [0.15, 0.2) is 0 Å². The van der Waals surface area contributed by atoms with Crippen LogP contribution < -0.4 is 10.6 Å². The third-order valence-electron chi connectivity index (χ3n) is 3.64. The normalized spacial score (nSPS) is 24.9. The molecule has 1 aliphatic carbocycles. The molecule has 3 nitrogen and oxygen atoms in total. The van der Waals surface area contributed by atoms with Crippen LogP contribution in [-0.2, 0) is 4.79 Å². The van der Waals surface area contributed by atoms with Gasteiger partial charge in [-0.05, 0) is 50.6 Å². The van der Waals surface area contributed by atoms with Gasteiger partial charge in [0.25, 0.3) is 0 Å². The lowest BCUT2D eigenvalue weighted by atomic mass is 9.84. The molecular formula is C12H22N2O. The summed E-state index contributed by atoms with van der Waals surface area (Å²) in [6, 6.07) is 0.512. The first-order valence-corrected chi connectivity index (χ1v) is 6.26. The Morgan fingerprint density at radius 1 is 1.33 bits per heavy atom. The number of amides is 1. The molecule has 3 heteroatoms. The van der Waals surface area contributed by atoms with Crippen LogP contribution in [0.15, 0.2) is 0 Å². The Labute approximate surface area is 92.0 Å². The van der Waals surface area contributed by atoms with Crippen molar-refractivity contribution in [3.63, 3.8) is 0 Å². The lowest BCUT2D eigenvalue weighted by molar-refractivity contribution is -0.122. The summed E-state index contributed by atoms with van der Waals surface area (Å²) in [5, 5.41) is 6.43. The summed E-state index contributed by atoms with van der Waals surface area (Å²) in [6.07, 6.45) is 5.57. The van der Waals surface area contributed by atoms with Crippen molar-refractivity contribution in [3.8, 4) is 0 Å². The van der Waals surface area contributed by atoms with E-state index in [-0.39, 0.29) is 5.91 Å². The summed E-state index contributed by atoms with van der Waals surface area (Å²) in [6.45, 7) is 4.47. The van der Waals surface area contributed by atoms with Gasteiger partial charge in [0.1, 0.15) is 0 Å². The number of nitrogens with one attached hydrogen (secondary N) is 2. The van der Waals surface area contributed by atoms with E-state index < -0.39 is 0 Å². The average molecular weight is 210 g/mol. The number of carbonyl (C=O) groups is 1. The van der Waals surface area contributed by atoms with Crippen LogP contribution in [0, 0.1) is 11.8 Å². The quantitative estimate of drug-likeness (QED) is 0.734. The summed E-state index contributed by atoms with van der Waals surface area (Å²) in [4.78, 5) is 11.6. The van der Waals surface area contributed by atoms with E-state index in [2.05, 4.69) is 17.6 Å². The second-order valence-corrected chi connectivity index (χ2v) is 5.11. The molecule has 1 atom stereocenters. The minimum absolute atomic E-state index is 0.267. The second-order valence-electron chi connectivity index (χ2n) is 5.11. The first kappa shape index (κ1) is 10.9. The summed E-state index contributed by atoms with van der Waals surface area (Å²) >= 11 is 0. The third-order valence-corrected chi connectivity index (χ3v) is 3.64. The highest BCUT2D eigenvalue weighted by Crippen LogP contribution is 2.25. The molecule has 2 N–H and O–H groups in total. The van der Waals surface area contributed by atoms with E-state index in [4.69, 9.17) is 0 Å². The molecule has 86 valence electrons. The van der Waals surface area contributed by atoms with Gasteiger partial charge in [-0.25, -0.2) is 0 Å². The van der Waals surface area contributed by atoms with E-state index in [1.807, 2.05) is 0 Å². The van der Waals surface area contributed by atoms with Gasteiger partial charge < -0.3 is 10.6 Å². The van der Waals surface area contributed by atoms with Crippen LogP contribution >= 0.6 is 0 Å². The number of hydrogen-bond acceptors (Lipinski definition) is 2. The Hall–Kier alpha value is -0.570. The van der Waals surface area contributed by atoms with Crippen LogP contribution in [0.2, 0.25) is 0 Å². The Kier molecular flexibility index (Phi) is 3.62. The van der Waals surface area contributed by atoms with Crippen LogP contribution in [0.5, 0.6) is 0 Å². The fourth-order valence-corrected chi connectivity index (χ4v) is 2.39. The Morgan fingerprint density at radius 2 is 2.00 bits per heavy atom. The minimum atomic E-state index is 0.267. The van der Waals surface area contributed by atoms with Gasteiger partial charge in [-0.1, -0.05) is 6.92 Å². The largest absolute Gasteiger partial charge is 0.353 e. The first-order chi connectivity index (χ1) is 7.25. The molecule has 1 unspecified atom stereocenters. The van der Waals surface area contributed by atoms with Gasteiger partial charge in [0, 0.05) is 12.5 Å². The highest BCUT2D eigenvalue weighted by Gasteiger charge is 2.26. The summed E-state index contributed by atoms with van der Waals surface area (Å²) in [5.41, 5.74) is 0. The van der Waals surface area contributed by atoms with Gasteiger partial charge in [-0.2, -0.15) is 0 Å². The number of piperidine rings is 1. The SMILES string of the molecule is CC(CC(=O)NC1CC1)C1CCNCC1. The van der Waals surface area contributed by atoms with Crippen molar-refractivity contribution < 1.29 is 4.79 Å². The molecule has 1 heterocycles. The van der Waals surface area contributed by atoms with Crippen molar-refractivity contribution in [1.29, 1.82) is 0 Å². The predicted molar refractivity (Wildman–Crippen MR) is 60.5 cm³/mol. The fraction of sp³-hybridized carbons (Fsp3) is 0.917. The Bertz CT molecular complexity index is 220. The number of carbonyl (C=O) groups excluding carboxylic acids is 1. The average Bonchev–Trinajstić information content (AvgIpc) is 3.03. The molecule has 0 aromatic carbocycles. The van der Waals surface area contributed by atoms with Crippen molar-refractivity contribution in [2.24, 2.45) is 11.8 Å². The van der Waals surface area contributed by atoms with E-state index in [1.54, 1.807) is 0 Å². The van der Waals surface area contributed by atoms with E-state index >= 15 is 0 Å². The molecule has 1 saturated carbocycles. The summed E-state index contributed by atoms with van der Waals surface area (Å²) < 4.78 is 0. The minimum Gasteiger partial charge on any atom is -0.353 e. The van der Waals surface area contributed by atoms with Crippen LogP contribution in [0.4, 0.5) is 0 Å². The van der Waals surface area contributed by atoms with Crippen LogP contribution in [0.3, 0.4) is 0 Å². The van der Waals surface area contributed by atoms with Gasteiger partial charge >= 0.3 is 0 Å². The molecule has 0 bridgehead atoms. The lowest BCUT2D eigenvalue weighted by Crippen LogP contribution is -2.34. The van der Waals surface area contributed by atoms with Crippen molar-refractivity contribution in [3.05, 3.63) is 0 Å². The molecule has 1 amide bonds. The molecule has 2 aliphatic rings. The van der Waals surface area contributed by atoms with Crippen molar-refractivity contribution in [1.82, 2.24) is 10.6 Å². The molecule has 15 heavy (non-hydrogen) atoms. The van der Waals surface area contributed by atoms with Crippen LogP contribution in [0.1, 0.15) is 39.0 Å². The maximum Gasteiger partial charge on any atom is 0.220 e. The van der Waals surface area contributed by atoms with Crippen LogP contribution in [-0.4, -0.2) is 25.0 Å². The van der Waals surface area contributed by atoms with Crippen molar-refractivity contribution in [2.45, 2.75) is 45.1 Å². The van der Waals surface area contributed by atoms with Crippen LogP contribution in [0.25, 0.3) is 0 Å². The molecule has 0 spiro atoms. The topological polar surface area (TPSA) is 41.1 Å². The predicted octanol–water partition coefficient (Wildman–Crippen LogP) is 1.29. The molecule has 1 saturated heterocycles. The molecule has 1 aliphatic heterocycles. The number of hydrogen-bond donors (Lipinski definition) is 2. The highest BCUT2D eigenvalue weighted by molar-refractivity contribution is 5.76. The Balaban J connectivity index is 1.69. The van der Waals surface area contributed by atoms with Crippen molar-refractivity contribution in [2.75, 3.05) is 13.1 Å². The molecule has 2 fully saturated rings. The maximum atomic E-state index is 11.6. The zero-order chi connectivity index (χ0) is 10.7. The lowest BCUT2D eigenvalue weighted by Gasteiger charge is -2.27. The molecule has 0 aromatic rings. The standard InChI is InChI=1S/C12H22N2O/c1-9(10-4-6-13-7-5-10)8-12(15)14-11-2-3-11/h9-11,13H,2-8H2,1H3,(H,14,15). The van der Waals surface area contributed by atoms with E-state index in [1.165, 1.54) is 25.7 Å².